The van der Waals surface area contributed by atoms with Gasteiger partial charge < -0.3 is 5.32 Å². The first kappa shape index (κ1) is 10.4. The maximum Gasteiger partial charge on any atom is 0.346 e. The molecule has 1 aromatic heterocycles. The van der Waals surface area contributed by atoms with Crippen LogP contribution in [0.15, 0.2) is 17.1 Å². The van der Waals surface area contributed by atoms with Gasteiger partial charge in [0, 0.05) is 12.6 Å². The highest BCUT2D eigenvalue weighted by Gasteiger charge is 2.05. The standard InChI is InChI=1S/C9H13N3O2/c1-6(2)5-8(13)11-7-3-4-10-9(14)12-7/h3-4,6H,5H2,1-2H3,(H2,10,11,12,13,14). The molecule has 0 aliphatic rings. The summed E-state index contributed by atoms with van der Waals surface area (Å²) in [5.41, 5.74) is -0.465. The molecule has 0 unspecified atom stereocenters. The van der Waals surface area contributed by atoms with E-state index in [2.05, 4.69) is 15.3 Å². The van der Waals surface area contributed by atoms with Gasteiger partial charge in [-0.2, -0.15) is 0 Å². The lowest BCUT2D eigenvalue weighted by molar-refractivity contribution is -0.116. The number of hydrogen-bond acceptors (Lipinski definition) is 3. The van der Waals surface area contributed by atoms with Crippen molar-refractivity contribution in [1.29, 1.82) is 0 Å². The molecule has 0 aromatic carbocycles. The zero-order valence-corrected chi connectivity index (χ0v) is 8.20. The molecular formula is C9H13N3O2. The molecule has 0 fully saturated rings. The van der Waals surface area contributed by atoms with Gasteiger partial charge in [-0.05, 0) is 12.0 Å². The number of carbonyl (C=O) groups excluding carboxylic acids is 1. The minimum Gasteiger partial charge on any atom is -0.312 e. The molecule has 14 heavy (non-hydrogen) atoms. The van der Waals surface area contributed by atoms with E-state index in [1.54, 1.807) is 6.07 Å². The average molecular weight is 195 g/mol. The van der Waals surface area contributed by atoms with E-state index in [-0.39, 0.29) is 5.91 Å². The molecule has 5 nitrogen and oxygen atoms in total. The number of rotatable bonds is 3. The second kappa shape index (κ2) is 4.55. The molecule has 0 spiro atoms. The van der Waals surface area contributed by atoms with Crippen molar-refractivity contribution in [2.45, 2.75) is 20.3 Å². The van der Waals surface area contributed by atoms with E-state index in [9.17, 15) is 9.59 Å². The maximum atomic E-state index is 11.3. The molecule has 1 amide bonds. The van der Waals surface area contributed by atoms with Crippen LogP contribution in [-0.2, 0) is 4.79 Å². The molecule has 5 heteroatoms. The minimum atomic E-state index is -0.465. The van der Waals surface area contributed by atoms with Crippen LogP contribution in [0.5, 0.6) is 0 Å². The molecule has 0 aliphatic carbocycles. The van der Waals surface area contributed by atoms with E-state index < -0.39 is 5.69 Å². The van der Waals surface area contributed by atoms with Crippen molar-refractivity contribution in [3.05, 3.63) is 22.7 Å². The molecule has 0 bridgehead atoms. The van der Waals surface area contributed by atoms with Gasteiger partial charge in [-0.1, -0.05) is 13.8 Å². The van der Waals surface area contributed by atoms with Crippen molar-refractivity contribution in [3.8, 4) is 0 Å². The van der Waals surface area contributed by atoms with Crippen LogP contribution >= 0.6 is 0 Å². The fourth-order valence-electron chi connectivity index (χ4n) is 1.01. The first-order valence-electron chi connectivity index (χ1n) is 4.43. The zero-order valence-electron chi connectivity index (χ0n) is 8.20. The monoisotopic (exact) mass is 195 g/mol. The van der Waals surface area contributed by atoms with E-state index in [0.717, 1.165) is 0 Å². The lowest BCUT2D eigenvalue weighted by Gasteiger charge is -2.05. The average Bonchev–Trinajstić information content (AvgIpc) is 2.01. The summed E-state index contributed by atoms with van der Waals surface area (Å²) in [5, 5.41) is 2.58. The summed E-state index contributed by atoms with van der Waals surface area (Å²) >= 11 is 0. The third kappa shape index (κ3) is 3.38. The second-order valence-corrected chi connectivity index (χ2v) is 3.43. The number of anilines is 1. The Kier molecular flexibility index (Phi) is 3.39. The molecule has 1 heterocycles. The highest BCUT2D eigenvalue weighted by molar-refractivity contribution is 5.89. The van der Waals surface area contributed by atoms with Gasteiger partial charge in [0.25, 0.3) is 0 Å². The number of carbonyl (C=O) groups is 1. The predicted molar refractivity (Wildman–Crippen MR) is 52.9 cm³/mol. The molecular weight excluding hydrogens is 182 g/mol. The largest absolute Gasteiger partial charge is 0.346 e. The molecule has 76 valence electrons. The first-order chi connectivity index (χ1) is 6.58. The van der Waals surface area contributed by atoms with Crippen LogP contribution < -0.4 is 11.0 Å². The Labute approximate surface area is 81.6 Å². The molecule has 0 radical (unpaired) electrons. The lowest BCUT2D eigenvalue weighted by atomic mass is 10.1. The van der Waals surface area contributed by atoms with Gasteiger partial charge in [0.2, 0.25) is 5.91 Å². The Hall–Kier alpha value is -1.65. The Balaban J connectivity index is 2.61. The van der Waals surface area contributed by atoms with E-state index in [1.807, 2.05) is 13.8 Å². The van der Waals surface area contributed by atoms with E-state index >= 15 is 0 Å². The van der Waals surface area contributed by atoms with Crippen molar-refractivity contribution in [2.75, 3.05) is 5.32 Å². The van der Waals surface area contributed by atoms with Gasteiger partial charge >= 0.3 is 5.69 Å². The molecule has 0 saturated carbocycles. The topological polar surface area (TPSA) is 74.8 Å². The summed E-state index contributed by atoms with van der Waals surface area (Å²) in [5.74, 6) is 0.570. The summed E-state index contributed by atoms with van der Waals surface area (Å²) in [6.45, 7) is 3.91. The lowest BCUT2D eigenvalue weighted by Crippen LogP contribution is -2.18. The van der Waals surface area contributed by atoms with Crippen LogP contribution in [0.25, 0.3) is 0 Å². The van der Waals surface area contributed by atoms with Crippen LogP contribution in [0.2, 0.25) is 0 Å². The van der Waals surface area contributed by atoms with Crippen LogP contribution in [0, 0.1) is 5.92 Å². The van der Waals surface area contributed by atoms with Gasteiger partial charge in [0.1, 0.15) is 5.82 Å². The number of amides is 1. The number of nitrogens with one attached hydrogen (secondary N) is 2. The molecule has 2 N–H and O–H groups in total. The van der Waals surface area contributed by atoms with Gasteiger partial charge in [-0.3, -0.25) is 9.78 Å². The second-order valence-electron chi connectivity index (χ2n) is 3.43. The van der Waals surface area contributed by atoms with Crippen LogP contribution in [0.1, 0.15) is 20.3 Å². The first-order valence-corrected chi connectivity index (χ1v) is 4.43. The van der Waals surface area contributed by atoms with Gasteiger partial charge in [-0.25, -0.2) is 9.78 Å². The fraction of sp³-hybridized carbons (Fsp3) is 0.444. The molecule has 1 rings (SSSR count). The maximum absolute atomic E-state index is 11.3. The number of aromatic amines is 1. The molecule has 0 saturated heterocycles. The Bertz CT molecular complexity index is 370. The smallest absolute Gasteiger partial charge is 0.312 e. The van der Waals surface area contributed by atoms with Crippen LogP contribution in [0.3, 0.4) is 0 Å². The number of aromatic nitrogens is 2. The summed E-state index contributed by atoms with van der Waals surface area (Å²) in [7, 11) is 0. The van der Waals surface area contributed by atoms with Crippen LogP contribution in [0.4, 0.5) is 5.82 Å². The molecule has 1 aromatic rings. The highest BCUT2D eigenvalue weighted by atomic mass is 16.2. The summed E-state index contributed by atoms with van der Waals surface area (Å²) in [6.07, 6.45) is 1.79. The Morgan fingerprint density at radius 2 is 2.36 bits per heavy atom. The molecule has 0 aliphatic heterocycles. The van der Waals surface area contributed by atoms with Crippen molar-refractivity contribution in [3.63, 3.8) is 0 Å². The summed E-state index contributed by atoms with van der Waals surface area (Å²) < 4.78 is 0. The van der Waals surface area contributed by atoms with Crippen molar-refractivity contribution < 1.29 is 4.79 Å². The Morgan fingerprint density at radius 3 is 2.93 bits per heavy atom. The van der Waals surface area contributed by atoms with Crippen molar-refractivity contribution in [1.82, 2.24) is 9.97 Å². The van der Waals surface area contributed by atoms with Crippen LogP contribution in [-0.4, -0.2) is 15.9 Å². The molecule has 0 atom stereocenters. The number of hydrogen-bond donors (Lipinski definition) is 2. The quantitative estimate of drug-likeness (QED) is 0.747. The van der Waals surface area contributed by atoms with E-state index in [0.29, 0.717) is 18.2 Å². The van der Waals surface area contributed by atoms with Gasteiger partial charge in [0.15, 0.2) is 0 Å². The van der Waals surface area contributed by atoms with Crippen molar-refractivity contribution >= 4 is 11.7 Å². The third-order valence-electron chi connectivity index (χ3n) is 1.54. The van der Waals surface area contributed by atoms with Gasteiger partial charge in [0.05, 0.1) is 0 Å². The van der Waals surface area contributed by atoms with Gasteiger partial charge in [-0.15, -0.1) is 0 Å². The highest BCUT2D eigenvalue weighted by Crippen LogP contribution is 2.03. The SMILES string of the molecule is CC(C)CC(=O)Nc1ccnc(=O)[nH]1. The third-order valence-corrected chi connectivity index (χ3v) is 1.54. The van der Waals surface area contributed by atoms with E-state index in [4.69, 9.17) is 0 Å². The Morgan fingerprint density at radius 1 is 1.64 bits per heavy atom. The zero-order chi connectivity index (χ0) is 10.6. The van der Waals surface area contributed by atoms with E-state index in [1.165, 1.54) is 6.20 Å². The number of nitrogens with zero attached hydrogens (tertiary/aromatic N) is 1. The number of H-pyrrole nitrogens is 1. The normalized spacial score (nSPS) is 10.2. The van der Waals surface area contributed by atoms with Crippen molar-refractivity contribution in [2.24, 2.45) is 5.92 Å². The fourth-order valence-corrected chi connectivity index (χ4v) is 1.01. The minimum absolute atomic E-state index is 0.109. The summed E-state index contributed by atoms with van der Waals surface area (Å²) in [6, 6.07) is 1.54. The predicted octanol–water partition coefficient (Wildman–Crippen LogP) is 0.754. The summed E-state index contributed by atoms with van der Waals surface area (Å²) in [4.78, 5) is 27.9.